The molecule has 0 unspecified atom stereocenters. The summed E-state index contributed by atoms with van der Waals surface area (Å²) in [6.45, 7) is 5.05. The highest BCUT2D eigenvalue weighted by atomic mass is 16.7. The Hall–Kier alpha value is -0.400. The van der Waals surface area contributed by atoms with E-state index in [1.54, 1.807) is 20.8 Å². The van der Waals surface area contributed by atoms with Gasteiger partial charge in [-0.15, -0.1) is 0 Å². The van der Waals surface area contributed by atoms with Gasteiger partial charge >= 0.3 is 0 Å². The molecule has 0 bridgehead atoms. The molecule has 0 amide bonds. The Labute approximate surface area is 163 Å². The molecule has 0 spiro atoms. The van der Waals surface area contributed by atoms with Gasteiger partial charge in [0.1, 0.15) is 18.3 Å². The minimum atomic E-state index is -1.04. The molecule has 0 aliphatic carbocycles. The van der Waals surface area contributed by atoms with Crippen molar-refractivity contribution in [3.05, 3.63) is 0 Å². The maximum Gasteiger partial charge on any atom is 0.161 e. The third-order valence-corrected chi connectivity index (χ3v) is 5.59. The predicted molar refractivity (Wildman–Crippen MR) is 92.8 cm³/mol. The molecule has 10 heteroatoms. The lowest BCUT2D eigenvalue weighted by atomic mass is 9.99. The molecule has 10 nitrogen and oxygen atoms in total. The Morgan fingerprint density at radius 3 is 1.57 bits per heavy atom. The average Bonchev–Trinajstić information content (AvgIpc) is 2.59. The summed E-state index contributed by atoms with van der Waals surface area (Å²) < 4.78 is 28.3. The fourth-order valence-corrected chi connectivity index (χ4v) is 4.00. The normalized spacial score (nSPS) is 53.1. The van der Waals surface area contributed by atoms with Gasteiger partial charge in [-0.3, -0.25) is 0 Å². The van der Waals surface area contributed by atoms with E-state index < -0.39 is 73.8 Å². The van der Waals surface area contributed by atoms with Crippen LogP contribution in [0.3, 0.4) is 0 Å². The van der Waals surface area contributed by atoms with Gasteiger partial charge in [0.2, 0.25) is 0 Å². The van der Waals surface area contributed by atoms with Crippen LogP contribution in [-0.2, 0) is 23.7 Å². The van der Waals surface area contributed by atoms with Crippen molar-refractivity contribution in [1.29, 1.82) is 0 Å². The summed E-state index contributed by atoms with van der Waals surface area (Å²) in [5, 5.41) is 49.9. The van der Waals surface area contributed by atoms with Crippen molar-refractivity contribution in [3.63, 3.8) is 0 Å². The van der Waals surface area contributed by atoms with Gasteiger partial charge in [0.15, 0.2) is 18.9 Å². The minimum Gasteiger partial charge on any atom is -0.390 e. The minimum absolute atomic E-state index is 0.0386. The SMILES string of the molecule is C[C@H]1O[C@@H](O[C@H]2[C@@H](O)C[C@H](O[C@H]3[C@@H](O)C[C@H](O)O[C@@H]3C)O[C@@H]2C)C[C@H](O)[C@@H]1O. The zero-order valence-corrected chi connectivity index (χ0v) is 16.3. The second kappa shape index (κ2) is 9.17. The van der Waals surface area contributed by atoms with Crippen molar-refractivity contribution in [2.45, 2.75) is 114 Å². The van der Waals surface area contributed by atoms with E-state index in [9.17, 15) is 25.5 Å². The lowest BCUT2D eigenvalue weighted by Crippen LogP contribution is -2.56. The highest BCUT2D eigenvalue weighted by Crippen LogP contribution is 2.31. The predicted octanol–water partition coefficient (Wildman–Crippen LogP) is -1.40. The molecular weight excluding hydrogens is 376 g/mol. The van der Waals surface area contributed by atoms with Crippen molar-refractivity contribution in [2.75, 3.05) is 0 Å². The Kier molecular flexibility index (Phi) is 7.30. The molecule has 3 fully saturated rings. The van der Waals surface area contributed by atoms with Crippen LogP contribution in [0.4, 0.5) is 0 Å². The average molecular weight is 408 g/mol. The van der Waals surface area contributed by atoms with E-state index in [0.29, 0.717) is 0 Å². The molecule has 0 aromatic rings. The first kappa shape index (κ1) is 22.3. The van der Waals surface area contributed by atoms with Crippen LogP contribution in [0.5, 0.6) is 0 Å². The van der Waals surface area contributed by atoms with E-state index in [1.165, 1.54) is 0 Å². The van der Waals surface area contributed by atoms with Gasteiger partial charge in [0, 0.05) is 19.3 Å². The van der Waals surface area contributed by atoms with Gasteiger partial charge in [0.05, 0.1) is 36.6 Å². The van der Waals surface area contributed by atoms with E-state index in [1.807, 2.05) is 0 Å². The maximum absolute atomic E-state index is 10.5. The Morgan fingerprint density at radius 2 is 1.07 bits per heavy atom. The maximum atomic E-state index is 10.5. The van der Waals surface area contributed by atoms with Gasteiger partial charge in [-0.2, -0.15) is 0 Å². The molecule has 3 heterocycles. The van der Waals surface area contributed by atoms with E-state index in [4.69, 9.17) is 23.7 Å². The van der Waals surface area contributed by atoms with Crippen molar-refractivity contribution in [3.8, 4) is 0 Å². The molecule has 3 aliphatic rings. The number of rotatable bonds is 4. The summed E-state index contributed by atoms with van der Waals surface area (Å²) in [7, 11) is 0. The van der Waals surface area contributed by atoms with Crippen molar-refractivity contribution in [1.82, 2.24) is 0 Å². The van der Waals surface area contributed by atoms with Crippen LogP contribution in [0.2, 0.25) is 0 Å². The highest BCUT2D eigenvalue weighted by Gasteiger charge is 2.44. The van der Waals surface area contributed by atoms with E-state index in [2.05, 4.69) is 0 Å². The first-order chi connectivity index (χ1) is 13.2. The van der Waals surface area contributed by atoms with Crippen molar-refractivity contribution in [2.24, 2.45) is 0 Å². The fraction of sp³-hybridized carbons (Fsp3) is 1.00. The molecule has 12 atom stereocenters. The van der Waals surface area contributed by atoms with Gasteiger partial charge in [0.25, 0.3) is 0 Å². The number of ether oxygens (including phenoxy) is 5. The summed E-state index contributed by atoms with van der Waals surface area (Å²) in [4.78, 5) is 0. The number of hydrogen-bond acceptors (Lipinski definition) is 10. The van der Waals surface area contributed by atoms with Gasteiger partial charge in [-0.1, -0.05) is 0 Å². The first-order valence-corrected chi connectivity index (χ1v) is 9.83. The van der Waals surface area contributed by atoms with Crippen LogP contribution in [0.15, 0.2) is 0 Å². The molecule has 0 aromatic carbocycles. The number of hydrogen-bond donors (Lipinski definition) is 5. The third-order valence-electron chi connectivity index (χ3n) is 5.59. The topological polar surface area (TPSA) is 147 Å². The fourth-order valence-electron chi connectivity index (χ4n) is 4.00. The van der Waals surface area contributed by atoms with Crippen LogP contribution in [0.25, 0.3) is 0 Å². The Morgan fingerprint density at radius 1 is 0.607 bits per heavy atom. The second-order valence-electron chi connectivity index (χ2n) is 7.94. The Bertz CT molecular complexity index is 471. The summed E-state index contributed by atoms with van der Waals surface area (Å²) in [5.41, 5.74) is 0. The standard InChI is InChI=1S/C18H32O10/c1-7-16(23)10(19)5-14(25-7)27-18-9(3)26-15(6-12(18)21)28-17-8(2)24-13(22)4-11(17)20/h7-23H,4-6H2,1-3H3/t7-,8-,9-,10+,11+,12+,13-,14+,15+,16-,17-,18-/m1/s1. The second-order valence-corrected chi connectivity index (χ2v) is 7.94. The Balaban J connectivity index is 1.54. The quantitative estimate of drug-likeness (QED) is 0.376. The third kappa shape index (κ3) is 5.01. The number of aliphatic hydroxyl groups is 5. The first-order valence-electron chi connectivity index (χ1n) is 9.83. The van der Waals surface area contributed by atoms with E-state index >= 15 is 0 Å². The molecule has 0 aromatic heterocycles. The molecular formula is C18H32O10. The van der Waals surface area contributed by atoms with Gasteiger partial charge < -0.3 is 49.2 Å². The summed E-state index contributed by atoms with van der Waals surface area (Å²) in [5.74, 6) is 0. The van der Waals surface area contributed by atoms with Gasteiger partial charge in [-0.25, -0.2) is 0 Å². The smallest absolute Gasteiger partial charge is 0.161 e. The summed E-state index contributed by atoms with van der Waals surface area (Å²) in [6, 6.07) is 0. The van der Waals surface area contributed by atoms with Crippen LogP contribution in [-0.4, -0.2) is 99.3 Å². The molecule has 0 radical (unpaired) electrons. The molecule has 5 N–H and O–H groups in total. The van der Waals surface area contributed by atoms with Crippen LogP contribution < -0.4 is 0 Å². The largest absolute Gasteiger partial charge is 0.390 e. The lowest BCUT2D eigenvalue weighted by molar-refractivity contribution is -0.331. The molecule has 0 saturated carbocycles. The highest BCUT2D eigenvalue weighted by molar-refractivity contribution is 4.87. The molecule has 28 heavy (non-hydrogen) atoms. The van der Waals surface area contributed by atoms with Crippen LogP contribution in [0, 0.1) is 0 Å². The van der Waals surface area contributed by atoms with Gasteiger partial charge in [-0.05, 0) is 20.8 Å². The monoisotopic (exact) mass is 408 g/mol. The van der Waals surface area contributed by atoms with Crippen LogP contribution in [0.1, 0.15) is 40.0 Å². The molecule has 3 aliphatic heterocycles. The molecule has 164 valence electrons. The summed E-state index contributed by atoms with van der Waals surface area (Å²) in [6.07, 6.45) is -9.17. The summed E-state index contributed by atoms with van der Waals surface area (Å²) >= 11 is 0. The lowest BCUT2D eigenvalue weighted by Gasteiger charge is -2.44. The number of aliphatic hydroxyl groups excluding tert-OH is 5. The zero-order chi connectivity index (χ0) is 20.6. The van der Waals surface area contributed by atoms with Crippen molar-refractivity contribution < 1.29 is 49.2 Å². The van der Waals surface area contributed by atoms with E-state index in [0.717, 1.165) is 0 Å². The van der Waals surface area contributed by atoms with Crippen molar-refractivity contribution >= 4 is 0 Å². The van der Waals surface area contributed by atoms with Crippen LogP contribution >= 0.6 is 0 Å². The van der Waals surface area contributed by atoms with E-state index in [-0.39, 0.29) is 19.3 Å². The zero-order valence-electron chi connectivity index (χ0n) is 16.3. The molecule has 3 rings (SSSR count). The molecule has 3 saturated heterocycles.